The molecule has 0 saturated carbocycles. The van der Waals surface area contributed by atoms with Gasteiger partial charge in [-0.15, -0.1) is 0 Å². The van der Waals surface area contributed by atoms with Gasteiger partial charge in [0, 0.05) is 17.5 Å². The van der Waals surface area contributed by atoms with Gasteiger partial charge in [-0.3, -0.25) is 0 Å². The summed E-state index contributed by atoms with van der Waals surface area (Å²) in [5, 5.41) is 4.21. The zero-order chi connectivity index (χ0) is 14.9. The number of fused-ring (bicyclic) bond motifs is 1. The maximum Gasteiger partial charge on any atom is 0.231 e. The van der Waals surface area contributed by atoms with E-state index in [1.807, 2.05) is 24.3 Å². The van der Waals surface area contributed by atoms with E-state index in [0.717, 1.165) is 41.0 Å². The second-order valence-electron chi connectivity index (χ2n) is 6.37. The van der Waals surface area contributed by atoms with Crippen LogP contribution in [0.4, 0.5) is 0 Å². The molecule has 1 aromatic heterocycles. The third-order valence-electron chi connectivity index (χ3n) is 4.52. The fraction of sp³-hybridized carbons (Fsp3) is 0.471. The Balaban J connectivity index is 1.49. The van der Waals surface area contributed by atoms with Crippen LogP contribution in [0.3, 0.4) is 0 Å². The summed E-state index contributed by atoms with van der Waals surface area (Å²) in [6, 6.07) is 7.91. The molecule has 5 nitrogen and oxygen atoms in total. The first-order valence-electron chi connectivity index (χ1n) is 7.97. The molecule has 22 heavy (non-hydrogen) atoms. The van der Waals surface area contributed by atoms with Crippen molar-refractivity contribution in [1.29, 1.82) is 0 Å². The maximum atomic E-state index is 5.53. The van der Waals surface area contributed by atoms with Crippen LogP contribution in [0.5, 0.6) is 11.5 Å². The van der Waals surface area contributed by atoms with E-state index in [0.29, 0.717) is 6.79 Å². The molecule has 1 N–H and O–H groups in total. The van der Waals surface area contributed by atoms with Crippen LogP contribution in [0.25, 0.3) is 11.3 Å². The number of hydrogen-bond donors (Lipinski definition) is 1. The highest BCUT2D eigenvalue weighted by molar-refractivity contribution is 5.64. The van der Waals surface area contributed by atoms with Gasteiger partial charge in [0.25, 0.3) is 0 Å². The van der Waals surface area contributed by atoms with Crippen LogP contribution >= 0.6 is 0 Å². The molecule has 0 amide bonds. The summed E-state index contributed by atoms with van der Waals surface area (Å²) in [6.45, 7) is 5.99. The molecule has 4 rings (SSSR count). The molecule has 0 bridgehead atoms. The molecule has 2 atom stereocenters. The van der Waals surface area contributed by atoms with Crippen LogP contribution in [0.15, 0.2) is 28.8 Å². The molecular weight excluding hydrogens is 280 g/mol. The zero-order valence-electron chi connectivity index (χ0n) is 12.8. The van der Waals surface area contributed by atoms with Crippen molar-refractivity contribution in [2.24, 2.45) is 5.92 Å². The first-order chi connectivity index (χ1) is 10.8. The van der Waals surface area contributed by atoms with Crippen molar-refractivity contribution in [2.75, 3.05) is 19.9 Å². The van der Waals surface area contributed by atoms with Crippen LogP contribution in [-0.2, 0) is 6.54 Å². The maximum absolute atomic E-state index is 5.53. The molecule has 3 heterocycles. The van der Waals surface area contributed by atoms with E-state index in [-0.39, 0.29) is 0 Å². The molecule has 2 aromatic rings. The van der Waals surface area contributed by atoms with Crippen molar-refractivity contribution in [3.8, 4) is 22.8 Å². The van der Waals surface area contributed by atoms with Crippen LogP contribution in [-0.4, -0.2) is 25.0 Å². The molecular formula is C17H21N2O3+. The highest BCUT2D eigenvalue weighted by Crippen LogP contribution is 2.35. The van der Waals surface area contributed by atoms with Crippen molar-refractivity contribution in [3.63, 3.8) is 0 Å². The van der Waals surface area contributed by atoms with Gasteiger partial charge in [0.2, 0.25) is 6.79 Å². The van der Waals surface area contributed by atoms with E-state index in [4.69, 9.17) is 14.0 Å². The Morgan fingerprint density at radius 2 is 2.14 bits per heavy atom. The number of aromatic nitrogens is 1. The number of rotatable bonds is 3. The van der Waals surface area contributed by atoms with Gasteiger partial charge in [-0.05, 0) is 31.0 Å². The number of nitrogens with zero attached hydrogens (tertiary/aromatic N) is 1. The Bertz CT molecular complexity index is 668. The Morgan fingerprint density at radius 1 is 1.23 bits per heavy atom. The van der Waals surface area contributed by atoms with Crippen molar-refractivity contribution in [2.45, 2.75) is 26.3 Å². The molecule has 1 aromatic carbocycles. The molecule has 1 fully saturated rings. The summed E-state index contributed by atoms with van der Waals surface area (Å²) in [5.74, 6) is 3.33. The summed E-state index contributed by atoms with van der Waals surface area (Å²) in [6.07, 6.45) is 2.65. The van der Waals surface area contributed by atoms with Crippen molar-refractivity contribution in [1.82, 2.24) is 5.16 Å². The number of nitrogens with one attached hydrogen (secondary N) is 1. The summed E-state index contributed by atoms with van der Waals surface area (Å²) in [4.78, 5) is 1.59. The number of piperidine rings is 1. The first-order valence-corrected chi connectivity index (χ1v) is 7.97. The number of ether oxygens (including phenoxy) is 2. The van der Waals surface area contributed by atoms with Crippen LogP contribution in [0.2, 0.25) is 0 Å². The summed E-state index contributed by atoms with van der Waals surface area (Å²) < 4.78 is 16.3. The molecule has 0 radical (unpaired) electrons. The van der Waals surface area contributed by atoms with Gasteiger partial charge in [0.1, 0.15) is 12.2 Å². The fourth-order valence-corrected chi connectivity index (χ4v) is 3.39. The minimum absolute atomic E-state index is 0.291. The van der Waals surface area contributed by atoms with Crippen LogP contribution in [0.1, 0.15) is 25.5 Å². The van der Waals surface area contributed by atoms with Crippen molar-refractivity contribution < 1.29 is 18.9 Å². The van der Waals surface area contributed by atoms with Gasteiger partial charge < -0.3 is 18.9 Å². The van der Waals surface area contributed by atoms with Crippen LogP contribution in [0, 0.1) is 5.92 Å². The largest absolute Gasteiger partial charge is 0.454 e. The number of hydrogen-bond acceptors (Lipinski definition) is 4. The first kappa shape index (κ1) is 13.6. The summed E-state index contributed by atoms with van der Waals surface area (Å²) in [7, 11) is 0. The molecule has 2 aliphatic heterocycles. The standard InChI is InChI=1S/C17H20N2O3/c1-12-3-2-6-19(9-12)10-14-8-15(18-22-14)13-4-5-16-17(7-13)21-11-20-16/h4-5,7-8,12H,2-3,6,9-11H2,1H3/p+1/t12-/m0/s1. The Labute approximate surface area is 129 Å². The predicted octanol–water partition coefficient (Wildman–Crippen LogP) is 1.89. The molecule has 116 valence electrons. The van der Waals surface area contributed by atoms with E-state index < -0.39 is 0 Å². The van der Waals surface area contributed by atoms with Gasteiger partial charge in [-0.1, -0.05) is 12.1 Å². The fourth-order valence-electron chi connectivity index (χ4n) is 3.39. The second kappa shape index (κ2) is 5.65. The lowest BCUT2D eigenvalue weighted by atomic mass is 10.0. The Hall–Kier alpha value is -2.01. The van der Waals surface area contributed by atoms with Crippen LogP contribution < -0.4 is 14.4 Å². The smallest absolute Gasteiger partial charge is 0.231 e. The Kier molecular flexibility index (Phi) is 3.50. The summed E-state index contributed by atoms with van der Waals surface area (Å²) in [5.41, 5.74) is 1.86. The topological polar surface area (TPSA) is 48.9 Å². The van der Waals surface area contributed by atoms with E-state index in [2.05, 4.69) is 12.1 Å². The van der Waals surface area contributed by atoms with Gasteiger partial charge in [0.15, 0.2) is 17.3 Å². The normalized spacial score (nSPS) is 23.7. The SMILES string of the molecule is C[C@H]1CCC[NH+](Cc2cc(-c3ccc4c(c3)OCO4)no2)C1. The lowest BCUT2D eigenvalue weighted by molar-refractivity contribution is -0.923. The van der Waals surface area contributed by atoms with Gasteiger partial charge in [0.05, 0.1) is 13.1 Å². The van der Waals surface area contributed by atoms with Gasteiger partial charge >= 0.3 is 0 Å². The van der Waals surface area contributed by atoms with E-state index in [1.165, 1.54) is 25.9 Å². The van der Waals surface area contributed by atoms with Crippen molar-refractivity contribution in [3.05, 3.63) is 30.0 Å². The average Bonchev–Trinajstić information content (AvgIpc) is 3.15. The monoisotopic (exact) mass is 301 g/mol. The molecule has 5 heteroatoms. The van der Waals surface area contributed by atoms with Gasteiger partial charge in [-0.25, -0.2) is 0 Å². The molecule has 0 spiro atoms. The molecule has 0 aliphatic carbocycles. The number of quaternary nitrogens is 1. The van der Waals surface area contributed by atoms with Crippen molar-refractivity contribution >= 4 is 0 Å². The minimum atomic E-state index is 0.291. The molecule has 2 aliphatic rings. The molecule has 1 unspecified atom stereocenters. The second-order valence-corrected chi connectivity index (χ2v) is 6.37. The lowest BCUT2D eigenvalue weighted by Gasteiger charge is -2.26. The zero-order valence-corrected chi connectivity index (χ0v) is 12.8. The van der Waals surface area contributed by atoms with E-state index >= 15 is 0 Å². The van der Waals surface area contributed by atoms with Gasteiger partial charge in [-0.2, -0.15) is 0 Å². The number of likely N-dealkylation sites (tertiary alicyclic amines) is 1. The third-order valence-corrected chi connectivity index (χ3v) is 4.52. The number of benzene rings is 1. The quantitative estimate of drug-likeness (QED) is 0.940. The summed E-state index contributed by atoms with van der Waals surface area (Å²) >= 11 is 0. The highest BCUT2D eigenvalue weighted by atomic mass is 16.7. The van der Waals surface area contributed by atoms with E-state index in [1.54, 1.807) is 4.90 Å². The predicted molar refractivity (Wildman–Crippen MR) is 80.9 cm³/mol. The lowest BCUT2D eigenvalue weighted by Crippen LogP contribution is -3.12. The Morgan fingerprint density at radius 3 is 3.05 bits per heavy atom. The highest BCUT2D eigenvalue weighted by Gasteiger charge is 2.22. The molecule has 1 saturated heterocycles. The van der Waals surface area contributed by atoms with E-state index in [9.17, 15) is 0 Å². The minimum Gasteiger partial charge on any atom is -0.454 e. The average molecular weight is 301 g/mol. The third kappa shape index (κ3) is 2.68.